The fourth-order valence-corrected chi connectivity index (χ4v) is 2.65. The minimum atomic E-state index is -0.136. The zero-order valence-electron chi connectivity index (χ0n) is 7.19. The first-order valence-corrected chi connectivity index (χ1v) is 5.50. The average Bonchev–Trinajstić information content (AvgIpc) is 2.12. The van der Waals surface area contributed by atoms with Gasteiger partial charge in [-0.05, 0) is 59.5 Å². The van der Waals surface area contributed by atoms with Crippen molar-refractivity contribution in [1.82, 2.24) is 0 Å². The van der Waals surface area contributed by atoms with Crippen LogP contribution in [0, 0.1) is 9.39 Å². The van der Waals surface area contributed by atoms with Crippen molar-refractivity contribution in [3.63, 3.8) is 0 Å². The van der Waals surface area contributed by atoms with Crippen molar-refractivity contribution in [3.8, 4) is 0 Å². The highest BCUT2D eigenvalue weighted by atomic mass is 127. The van der Waals surface area contributed by atoms with Gasteiger partial charge in [0.1, 0.15) is 5.82 Å². The monoisotopic (exact) mass is 291 g/mol. The van der Waals surface area contributed by atoms with E-state index in [0.29, 0.717) is 0 Å². The molecule has 0 fully saturated rings. The molecule has 0 amide bonds. The predicted molar refractivity (Wildman–Crippen MR) is 59.0 cm³/mol. The highest BCUT2D eigenvalue weighted by molar-refractivity contribution is 14.1. The van der Waals surface area contributed by atoms with Crippen molar-refractivity contribution in [2.75, 3.05) is 0 Å². The topological polar surface area (TPSA) is 26.0 Å². The second kappa shape index (κ2) is 3.53. The third-order valence-electron chi connectivity index (χ3n) is 2.56. The van der Waals surface area contributed by atoms with E-state index in [1.165, 1.54) is 6.07 Å². The number of hydrogen-bond donors (Lipinski definition) is 1. The van der Waals surface area contributed by atoms with Gasteiger partial charge >= 0.3 is 0 Å². The molecule has 1 atom stereocenters. The van der Waals surface area contributed by atoms with Crippen LogP contribution >= 0.6 is 22.6 Å². The van der Waals surface area contributed by atoms with Gasteiger partial charge < -0.3 is 5.73 Å². The van der Waals surface area contributed by atoms with Crippen LogP contribution in [0.1, 0.15) is 30.0 Å². The first-order valence-electron chi connectivity index (χ1n) is 4.42. The Kier molecular flexibility index (Phi) is 2.55. The Balaban J connectivity index is 2.60. The predicted octanol–water partition coefficient (Wildman–Crippen LogP) is 2.77. The molecule has 0 aromatic heterocycles. The average molecular weight is 291 g/mol. The van der Waals surface area contributed by atoms with E-state index in [4.69, 9.17) is 5.73 Å². The van der Waals surface area contributed by atoms with E-state index >= 15 is 0 Å². The highest BCUT2D eigenvalue weighted by Crippen LogP contribution is 2.32. The zero-order chi connectivity index (χ0) is 9.42. The van der Waals surface area contributed by atoms with E-state index in [1.54, 1.807) is 0 Å². The van der Waals surface area contributed by atoms with E-state index in [9.17, 15) is 4.39 Å². The molecular formula is C10H11FIN. The molecule has 0 saturated heterocycles. The van der Waals surface area contributed by atoms with Crippen LogP contribution < -0.4 is 5.73 Å². The summed E-state index contributed by atoms with van der Waals surface area (Å²) in [4.78, 5) is 0. The smallest absolute Gasteiger partial charge is 0.128 e. The lowest BCUT2D eigenvalue weighted by atomic mass is 9.88. The maximum Gasteiger partial charge on any atom is 0.128 e. The van der Waals surface area contributed by atoms with Gasteiger partial charge in [0.15, 0.2) is 0 Å². The summed E-state index contributed by atoms with van der Waals surface area (Å²) in [6.45, 7) is 0. The number of halogens is 2. The van der Waals surface area contributed by atoms with Gasteiger partial charge in [-0.25, -0.2) is 4.39 Å². The molecule has 0 heterocycles. The largest absolute Gasteiger partial charge is 0.324 e. The van der Waals surface area contributed by atoms with Crippen molar-refractivity contribution in [2.24, 2.45) is 5.73 Å². The van der Waals surface area contributed by atoms with Crippen LogP contribution in [-0.2, 0) is 6.42 Å². The van der Waals surface area contributed by atoms with Crippen LogP contribution in [0.5, 0.6) is 0 Å². The molecule has 1 aromatic rings. The third-order valence-corrected chi connectivity index (χ3v) is 3.57. The minimum absolute atomic E-state index is 0.0986. The molecule has 70 valence electrons. The molecule has 1 unspecified atom stereocenters. The number of rotatable bonds is 0. The lowest BCUT2D eigenvalue weighted by Crippen LogP contribution is -2.20. The minimum Gasteiger partial charge on any atom is -0.324 e. The van der Waals surface area contributed by atoms with E-state index in [-0.39, 0.29) is 11.9 Å². The van der Waals surface area contributed by atoms with Gasteiger partial charge in [-0.3, -0.25) is 0 Å². The molecule has 13 heavy (non-hydrogen) atoms. The van der Waals surface area contributed by atoms with E-state index in [1.807, 2.05) is 6.07 Å². The molecule has 0 bridgehead atoms. The fraction of sp³-hybridized carbons (Fsp3) is 0.400. The molecule has 0 saturated carbocycles. The lowest BCUT2D eigenvalue weighted by Gasteiger charge is -2.23. The molecule has 1 aliphatic carbocycles. The van der Waals surface area contributed by atoms with Gasteiger partial charge in [-0.15, -0.1) is 0 Å². The molecule has 0 spiro atoms. The van der Waals surface area contributed by atoms with Crippen molar-refractivity contribution in [2.45, 2.75) is 25.3 Å². The summed E-state index contributed by atoms with van der Waals surface area (Å²) in [5.74, 6) is -0.136. The Hall–Kier alpha value is -0.160. The maximum absolute atomic E-state index is 13.4. The standard InChI is InChI=1S/C10H11FIN/c11-7-4-5-8(12)6-2-1-3-9(13)10(6)7/h4-5,9H,1-3,13H2. The first kappa shape index (κ1) is 9.40. The number of benzene rings is 1. The number of nitrogens with two attached hydrogens (primary N) is 1. The van der Waals surface area contributed by atoms with Crippen molar-refractivity contribution >= 4 is 22.6 Å². The molecule has 2 N–H and O–H groups in total. The van der Waals surface area contributed by atoms with Gasteiger partial charge in [0.2, 0.25) is 0 Å². The molecule has 0 aliphatic heterocycles. The summed E-state index contributed by atoms with van der Waals surface area (Å²) in [6.07, 6.45) is 2.96. The van der Waals surface area contributed by atoms with Gasteiger partial charge in [0, 0.05) is 15.2 Å². The SMILES string of the molecule is NC1CCCc2c(I)ccc(F)c21. The van der Waals surface area contributed by atoms with Crippen LogP contribution in [0.15, 0.2) is 12.1 Å². The van der Waals surface area contributed by atoms with Crippen LogP contribution in [0.25, 0.3) is 0 Å². The van der Waals surface area contributed by atoms with Crippen LogP contribution in [0.2, 0.25) is 0 Å². The fourth-order valence-electron chi connectivity index (χ4n) is 1.91. The van der Waals surface area contributed by atoms with Crippen LogP contribution in [-0.4, -0.2) is 0 Å². The highest BCUT2D eigenvalue weighted by Gasteiger charge is 2.22. The molecular weight excluding hydrogens is 280 g/mol. The van der Waals surface area contributed by atoms with Gasteiger partial charge in [0.05, 0.1) is 0 Å². The zero-order valence-corrected chi connectivity index (χ0v) is 9.34. The normalized spacial score (nSPS) is 21.3. The molecule has 1 nitrogen and oxygen atoms in total. The van der Waals surface area contributed by atoms with Crippen molar-refractivity contribution < 1.29 is 4.39 Å². The first-order chi connectivity index (χ1) is 6.20. The number of hydrogen-bond acceptors (Lipinski definition) is 1. The van der Waals surface area contributed by atoms with Gasteiger partial charge in [-0.1, -0.05) is 0 Å². The van der Waals surface area contributed by atoms with E-state index in [0.717, 1.165) is 34.0 Å². The Morgan fingerprint density at radius 3 is 2.92 bits per heavy atom. The summed E-state index contributed by atoms with van der Waals surface area (Å²) < 4.78 is 14.6. The van der Waals surface area contributed by atoms with E-state index < -0.39 is 0 Å². The molecule has 0 radical (unpaired) electrons. The quantitative estimate of drug-likeness (QED) is 0.731. The Bertz CT molecular complexity index is 338. The van der Waals surface area contributed by atoms with Crippen LogP contribution in [0.3, 0.4) is 0 Å². The van der Waals surface area contributed by atoms with Gasteiger partial charge in [-0.2, -0.15) is 0 Å². The molecule has 1 aliphatic rings. The summed E-state index contributed by atoms with van der Waals surface area (Å²) in [5.41, 5.74) is 7.75. The lowest BCUT2D eigenvalue weighted by molar-refractivity contribution is 0.517. The second-order valence-corrected chi connectivity index (χ2v) is 4.58. The summed E-state index contributed by atoms with van der Waals surface area (Å²) in [5, 5.41) is 0. The Morgan fingerprint density at radius 2 is 2.23 bits per heavy atom. The van der Waals surface area contributed by atoms with E-state index in [2.05, 4.69) is 22.6 Å². The molecule has 3 heteroatoms. The molecule has 1 aromatic carbocycles. The third kappa shape index (κ3) is 1.59. The maximum atomic E-state index is 13.4. The second-order valence-electron chi connectivity index (χ2n) is 3.42. The van der Waals surface area contributed by atoms with Crippen molar-refractivity contribution in [3.05, 3.63) is 32.6 Å². The van der Waals surface area contributed by atoms with Crippen LogP contribution in [0.4, 0.5) is 4.39 Å². The van der Waals surface area contributed by atoms with Gasteiger partial charge in [0.25, 0.3) is 0 Å². The summed E-state index contributed by atoms with van der Waals surface area (Å²) in [6, 6.07) is 3.25. The summed E-state index contributed by atoms with van der Waals surface area (Å²) in [7, 11) is 0. The number of fused-ring (bicyclic) bond motifs is 1. The van der Waals surface area contributed by atoms with Crippen molar-refractivity contribution in [1.29, 1.82) is 0 Å². The molecule has 2 rings (SSSR count). The Labute approximate surface area is 90.7 Å². The Morgan fingerprint density at radius 1 is 1.46 bits per heavy atom. The summed E-state index contributed by atoms with van der Waals surface area (Å²) >= 11 is 2.25.